The Morgan fingerprint density at radius 3 is 2.79 bits per heavy atom. The van der Waals surface area contributed by atoms with Gasteiger partial charge >= 0.3 is 0 Å². The highest BCUT2D eigenvalue weighted by Crippen LogP contribution is 2.24. The average Bonchev–Trinajstić information content (AvgIpc) is 3.19. The summed E-state index contributed by atoms with van der Waals surface area (Å²) < 4.78 is 6.55. The van der Waals surface area contributed by atoms with Gasteiger partial charge in [0, 0.05) is 10.5 Å². The van der Waals surface area contributed by atoms with E-state index in [4.69, 9.17) is 4.74 Å². The number of benzene rings is 2. The molecule has 1 amide bonds. The lowest BCUT2D eigenvalue weighted by Gasteiger charge is -2.08. The van der Waals surface area contributed by atoms with Gasteiger partial charge in [-0.3, -0.25) is 4.79 Å². The Kier molecular flexibility index (Phi) is 3.42. The van der Waals surface area contributed by atoms with Gasteiger partial charge in [0.15, 0.2) is 6.61 Å². The van der Waals surface area contributed by atoms with Crippen molar-refractivity contribution < 1.29 is 9.53 Å². The number of halogens is 1. The maximum Gasteiger partial charge on any atom is 0.258 e. The highest BCUT2D eigenvalue weighted by Gasteiger charge is 2.23. The zero-order valence-corrected chi connectivity index (χ0v) is 11.9. The molecular formula is C15H14BrNO2. The quantitative estimate of drug-likeness (QED) is 0.939. The van der Waals surface area contributed by atoms with E-state index in [0.29, 0.717) is 6.04 Å². The monoisotopic (exact) mass is 319 g/mol. The van der Waals surface area contributed by atoms with Crippen molar-refractivity contribution in [3.8, 4) is 5.75 Å². The fourth-order valence-corrected chi connectivity index (χ4v) is 2.31. The molecule has 0 heterocycles. The third-order valence-corrected chi connectivity index (χ3v) is 3.58. The van der Waals surface area contributed by atoms with E-state index in [0.717, 1.165) is 33.8 Å². The van der Waals surface area contributed by atoms with Gasteiger partial charge in [0.25, 0.3) is 5.91 Å². The molecule has 1 N–H and O–H groups in total. The van der Waals surface area contributed by atoms with Crippen molar-refractivity contribution in [2.45, 2.75) is 18.9 Å². The summed E-state index contributed by atoms with van der Waals surface area (Å²) >= 11 is 3.45. The molecule has 2 aromatic rings. The Morgan fingerprint density at radius 1 is 1.21 bits per heavy atom. The fourth-order valence-electron chi connectivity index (χ4n) is 1.93. The zero-order chi connectivity index (χ0) is 13.2. The average molecular weight is 320 g/mol. The van der Waals surface area contributed by atoms with E-state index in [9.17, 15) is 4.79 Å². The molecule has 0 aliphatic heterocycles. The summed E-state index contributed by atoms with van der Waals surface area (Å²) in [5.41, 5.74) is 0. The first-order chi connectivity index (χ1) is 9.20. The molecule has 4 heteroatoms. The molecule has 2 aromatic carbocycles. The standard InChI is InChI=1S/C15H14BrNO2/c16-12-3-1-10-2-6-14(8-11(10)7-12)19-9-15(18)17-13-4-5-13/h1-3,6-8,13H,4-5,9H2,(H,17,18). The van der Waals surface area contributed by atoms with Gasteiger partial charge in [0.1, 0.15) is 5.75 Å². The highest BCUT2D eigenvalue weighted by molar-refractivity contribution is 9.10. The van der Waals surface area contributed by atoms with Crippen molar-refractivity contribution in [1.29, 1.82) is 0 Å². The molecule has 3 rings (SSSR count). The maximum absolute atomic E-state index is 11.5. The van der Waals surface area contributed by atoms with Gasteiger partial charge in [0.2, 0.25) is 0 Å². The van der Waals surface area contributed by atoms with Gasteiger partial charge in [-0.2, -0.15) is 0 Å². The van der Waals surface area contributed by atoms with Crippen LogP contribution in [0.15, 0.2) is 40.9 Å². The minimum absolute atomic E-state index is 0.0446. The number of carbonyl (C=O) groups excluding carboxylic acids is 1. The van der Waals surface area contributed by atoms with E-state index < -0.39 is 0 Å². The molecule has 0 atom stereocenters. The van der Waals surface area contributed by atoms with Crippen molar-refractivity contribution >= 4 is 32.6 Å². The Balaban J connectivity index is 1.68. The summed E-state index contributed by atoms with van der Waals surface area (Å²) in [6.07, 6.45) is 2.19. The lowest BCUT2D eigenvalue weighted by molar-refractivity contribution is -0.123. The summed E-state index contributed by atoms with van der Waals surface area (Å²) in [6.45, 7) is 0.0794. The molecule has 19 heavy (non-hydrogen) atoms. The van der Waals surface area contributed by atoms with E-state index in [2.05, 4.69) is 21.2 Å². The molecule has 1 aliphatic carbocycles. The smallest absolute Gasteiger partial charge is 0.258 e. The Hall–Kier alpha value is -1.55. The summed E-state index contributed by atoms with van der Waals surface area (Å²) in [5, 5.41) is 5.14. The van der Waals surface area contributed by atoms with Crippen molar-refractivity contribution in [2.75, 3.05) is 6.61 Å². The van der Waals surface area contributed by atoms with Gasteiger partial charge in [0.05, 0.1) is 0 Å². The number of carbonyl (C=O) groups is 1. The molecule has 0 bridgehead atoms. The molecule has 3 nitrogen and oxygen atoms in total. The van der Waals surface area contributed by atoms with Crippen LogP contribution >= 0.6 is 15.9 Å². The van der Waals surface area contributed by atoms with Gasteiger partial charge in [-0.25, -0.2) is 0 Å². The molecule has 1 saturated carbocycles. The number of ether oxygens (including phenoxy) is 1. The Labute approximate surface area is 120 Å². The first kappa shape index (κ1) is 12.5. The van der Waals surface area contributed by atoms with Crippen LogP contribution in [0.2, 0.25) is 0 Å². The van der Waals surface area contributed by atoms with E-state index in [1.165, 1.54) is 0 Å². The van der Waals surface area contributed by atoms with Crippen molar-refractivity contribution in [1.82, 2.24) is 5.32 Å². The van der Waals surface area contributed by atoms with E-state index in [-0.39, 0.29) is 12.5 Å². The zero-order valence-electron chi connectivity index (χ0n) is 10.4. The SMILES string of the molecule is O=C(COc1ccc2ccc(Br)cc2c1)NC1CC1. The van der Waals surface area contributed by atoms with Gasteiger partial charge < -0.3 is 10.1 Å². The lowest BCUT2D eigenvalue weighted by Crippen LogP contribution is -2.30. The third kappa shape index (κ3) is 3.26. The van der Waals surface area contributed by atoms with E-state index >= 15 is 0 Å². The minimum Gasteiger partial charge on any atom is -0.484 e. The number of fused-ring (bicyclic) bond motifs is 1. The van der Waals surface area contributed by atoms with Crippen molar-refractivity contribution in [3.63, 3.8) is 0 Å². The van der Waals surface area contributed by atoms with Gasteiger partial charge in [-0.15, -0.1) is 0 Å². The lowest BCUT2D eigenvalue weighted by atomic mass is 10.1. The van der Waals surface area contributed by atoms with Crippen LogP contribution in [0.3, 0.4) is 0 Å². The molecule has 1 fully saturated rings. The van der Waals surface area contributed by atoms with Crippen molar-refractivity contribution in [3.05, 3.63) is 40.9 Å². The number of hydrogen-bond donors (Lipinski definition) is 1. The summed E-state index contributed by atoms with van der Waals surface area (Å²) in [6, 6.07) is 12.3. The normalized spacial score (nSPS) is 14.4. The Bertz CT molecular complexity index is 623. The fraction of sp³-hybridized carbons (Fsp3) is 0.267. The number of hydrogen-bond acceptors (Lipinski definition) is 2. The molecule has 0 radical (unpaired) electrons. The van der Waals surface area contributed by atoms with Crippen LogP contribution in [0.1, 0.15) is 12.8 Å². The molecule has 0 unspecified atom stereocenters. The number of rotatable bonds is 4. The maximum atomic E-state index is 11.5. The van der Waals surface area contributed by atoms with Crippen LogP contribution in [0, 0.1) is 0 Å². The second kappa shape index (κ2) is 5.21. The number of nitrogens with one attached hydrogen (secondary N) is 1. The van der Waals surface area contributed by atoms with Crippen LogP contribution < -0.4 is 10.1 Å². The van der Waals surface area contributed by atoms with Crippen molar-refractivity contribution in [2.24, 2.45) is 0 Å². The molecule has 0 spiro atoms. The summed E-state index contributed by atoms with van der Waals surface area (Å²) in [5.74, 6) is 0.674. The van der Waals surface area contributed by atoms with Crippen LogP contribution in [0.25, 0.3) is 10.8 Å². The minimum atomic E-state index is -0.0446. The van der Waals surface area contributed by atoms with Crippen LogP contribution in [-0.2, 0) is 4.79 Å². The summed E-state index contributed by atoms with van der Waals surface area (Å²) in [7, 11) is 0. The van der Waals surface area contributed by atoms with Crippen LogP contribution in [-0.4, -0.2) is 18.6 Å². The second-order valence-corrected chi connectivity index (χ2v) is 5.70. The van der Waals surface area contributed by atoms with Crippen LogP contribution in [0.4, 0.5) is 0 Å². The highest BCUT2D eigenvalue weighted by atomic mass is 79.9. The second-order valence-electron chi connectivity index (χ2n) is 4.78. The molecule has 98 valence electrons. The first-order valence-corrected chi connectivity index (χ1v) is 7.11. The number of amides is 1. The van der Waals surface area contributed by atoms with Crippen LogP contribution in [0.5, 0.6) is 5.75 Å². The first-order valence-electron chi connectivity index (χ1n) is 6.32. The van der Waals surface area contributed by atoms with Gasteiger partial charge in [-0.05, 0) is 47.9 Å². The Morgan fingerprint density at radius 2 is 2.00 bits per heavy atom. The molecular weight excluding hydrogens is 306 g/mol. The molecule has 0 aromatic heterocycles. The molecule has 1 aliphatic rings. The molecule has 0 saturated heterocycles. The topological polar surface area (TPSA) is 38.3 Å². The predicted octanol–water partition coefficient (Wildman–Crippen LogP) is 3.26. The van der Waals surface area contributed by atoms with E-state index in [1.54, 1.807) is 0 Å². The third-order valence-electron chi connectivity index (χ3n) is 3.09. The predicted molar refractivity (Wildman–Crippen MR) is 78.3 cm³/mol. The largest absolute Gasteiger partial charge is 0.484 e. The van der Waals surface area contributed by atoms with Gasteiger partial charge in [-0.1, -0.05) is 28.1 Å². The summed E-state index contributed by atoms with van der Waals surface area (Å²) in [4.78, 5) is 11.5. The van der Waals surface area contributed by atoms with E-state index in [1.807, 2.05) is 36.4 Å².